The summed E-state index contributed by atoms with van der Waals surface area (Å²) in [6.07, 6.45) is 1.69. The molecule has 0 saturated heterocycles. The largest absolute Gasteiger partial charge is 0.480 e. The van der Waals surface area contributed by atoms with E-state index in [-0.39, 0.29) is 12.1 Å². The van der Waals surface area contributed by atoms with Gasteiger partial charge < -0.3 is 14.9 Å². The molecule has 0 bridgehead atoms. The minimum absolute atomic E-state index is 0.155. The zero-order valence-electron chi connectivity index (χ0n) is 14.2. The lowest BCUT2D eigenvalue weighted by Gasteiger charge is -2.35. The van der Waals surface area contributed by atoms with Gasteiger partial charge in [0.2, 0.25) is 0 Å². The van der Waals surface area contributed by atoms with Gasteiger partial charge in [-0.25, -0.2) is 0 Å². The summed E-state index contributed by atoms with van der Waals surface area (Å²) >= 11 is 0. The van der Waals surface area contributed by atoms with Gasteiger partial charge in [0.1, 0.15) is 5.54 Å². The van der Waals surface area contributed by atoms with E-state index in [0.717, 1.165) is 19.5 Å². The second-order valence-electron chi connectivity index (χ2n) is 6.63. The smallest absolute Gasteiger partial charge is 0.323 e. The second kappa shape index (κ2) is 8.60. The average molecular weight is 287 g/mol. The minimum atomic E-state index is -0.872. The average Bonchev–Trinajstić information content (AvgIpc) is 2.26. The number of aliphatic carboxylic acids is 1. The van der Waals surface area contributed by atoms with Crippen molar-refractivity contribution in [3.05, 3.63) is 0 Å². The Labute approximate surface area is 124 Å². The summed E-state index contributed by atoms with van der Waals surface area (Å²) in [4.78, 5) is 15.9. The summed E-state index contributed by atoms with van der Waals surface area (Å²) in [6.45, 7) is 9.87. The number of carboxylic acids is 1. The van der Waals surface area contributed by atoms with Gasteiger partial charge >= 0.3 is 5.97 Å². The highest BCUT2D eigenvalue weighted by atomic mass is 16.4. The van der Waals surface area contributed by atoms with Crippen molar-refractivity contribution in [2.75, 3.05) is 34.2 Å². The van der Waals surface area contributed by atoms with Crippen molar-refractivity contribution >= 4 is 5.97 Å². The maximum atomic E-state index is 11.5. The quantitative estimate of drug-likeness (QED) is 0.637. The number of carbonyl (C=O) groups is 1. The van der Waals surface area contributed by atoms with E-state index in [1.807, 2.05) is 13.8 Å². The Morgan fingerprint density at radius 1 is 1.20 bits per heavy atom. The van der Waals surface area contributed by atoms with Crippen LogP contribution >= 0.6 is 0 Å². The molecule has 0 fully saturated rings. The van der Waals surface area contributed by atoms with Crippen LogP contribution in [0.4, 0.5) is 0 Å². The Bertz CT molecular complexity index is 295. The fourth-order valence-corrected chi connectivity index (χ4v) is 2.45. The first-order chi connectivity index (χ1) is 9.08. The number of nitrogens with zero attached hydrogens (tertiary/aromatic N) is 2. The summed E-state index contributed by atoms with van der Waals surface area (Å²) in [5.74, 6) is -0.778. The molecule has 120 valence electrons. The Morgan fingerprint density at radius 3 is 2.15 bits per heavy atom. The van der Waals surface area contributed by atoms with Crippen LogP contribution in [0.3, 0.4) is 0 Å². The Kier molecular flexibility index (Phi) is 8.32. The SMILES string of the molecule is CC(C)NC(C)(CC(C)N(C)CCCN(C)C)C(=O)O. The molecule has 0 heterocycles. The van der Waals surface area contributed by atoms with Gasteiger partial charge in [0.05, 0.1) is 0 Å². The van der Waals surface area contributed by atoms with E-state index in [1.165, 1.54) is 0 Å². The van der Waals surface area contributed by atoms with Crippen LogP contribution in [-0.4, -0.2) is 72.7 Å². The predicted octanol–water partition coefficient (Wildman–Crippen LogP) is 1.49. The molecular weight excluding hydrogens is 254 g/mol. The molecule has 0 aliphatic rings. The lowest BCUT2D eigenvalue weighted by Crippen LogP contribution is -2.55. The third-order valence-corrected chi connectivity index (χ3v) is 3.65. The molecular formula is C15H33N3O2. The van der Waals surface area contributed by atoms with Gasteiger partial charge in [-0.3, -0.25) is 10.1 Å². The fraction of sp³-hybridized carbons (Fsp3) is 0.933. The molecule has 0 aliphatic heterocycles. The maximum absolute atomic E-state index is 11.5. The minimum Gasteiger partial charge on any atom is -0.480 e. The summed E-state index contributed by atoms with van der Waals surface area (Å²) < 4.78 is 0. The van der Waals surface area contributed by atoms with Crippen molar-refractivity contribution in [3.63, 3.8) is 0 Å². The Balaban J connectivity index is 4.44. The van der Waals surface area contributed by atoms with Crippen LogP contribution in [0.5, 0.6) is 0 Å². The van der Waals surface area contributed by atoms with Crippen molar-refractivity contribution in [1.29, 1.82) is 0 Å². The molecule has 0 aromatic heterocycles. The first kappa shape index (κ1) is 19.4. The molecule has 5 nitrogen and oxygen atoms in total. The van der Waals surface area contributed by atoms with Crippen LogP contribution in [0.1, 0.15) is 40.5 Å². The van der Waals surface area contributed by atoms with Gasteiger partial charge in [-0.15, -0.1) is 0 Å². The third-order valence-electron chi connectivity index (χ3n) is 3.65. The molecule has 0 radical (unpaired) electrons. The van der Waals surface area contributed by atoms with Crippen LogP contribution in [0, 0.1) is 0 Å². The zero-order valence-corrected chi connectivity index (χ0v) is 14.2. The zero-order chi connectivity index (χ0) is 15.9. The molecule has 2 N–H and O–H groups in total. The molecule has 0 spiro atoms. The van der Waals surface area contributed by atoms with E-state index in [9.17, 15) is 9.90 Å². The van der Waals surface area contributed by atoms with Crippen molar-refractivity contribution in [1.82, 2.24) is 15.1 Å². The van der Waals surface area contributed by atoms with Gasteiger partial charge in [-0.1, -0.05) is 0 Å². The van der Waals surface area contributed by atoms with Gasteiger partial charge in [0, 0.05) is 12.1 Å². The number of carboxylic acid groups (broad SMARTS) is 1. The van der Waals surface area contributed by atoms with Crippen LogP contribution in [0.15, 0.2) is 0 Å². The van der Waals surface area contributed by atoms with Gasteiger partial charge in [-0.2, -0.15) is 0 Å². The van der Waals surface area contributed by atoms with Crippen molar-refractivity contribution in [2.45, 2.75) is 58.2 Å². The molecule has 0 saturated carbocycles. The van der Waals surface area contributed by atoms with E-state index in [4.69, 9.17) is 0 Å². The van der Waals surface area contributed by atoms with E-state index in [2.05, 4.69) is 43.2 Å². The molecule has 0 aromatic carbocycles. The molecule has 2 unspecified atom stereocenters. The van der Waals surface area contributed by atoms with E-state index in [1.54, 1.807) is 6.92 Å². The molecule has 20 heavy (non-hydrogen) atoms. The Morgan fingerprint density at radius 2 is 1.75 bits per heavy atom. The topological polar surface area (TPSA) is 55.8 Å². The van der Waals surface area contributed by atoms with E-state index >= 15 is 0 Å². The van der Waals surface area contributed by atoms with Crippen molar-refractivity contribution in [3.8, 4) is 0 Å². The number of hydrogen-bond acceptors (Lipinski definition) is 4. The molecule has 0 amide bonds. The van der Waals surface area contributed by atoms with Gasteiger partial charge in [-0.05, 0) is 74.8 Å². The summed E-state index contributed by atoms with van der Waals surface area (Å²) in [5.41, 5.74) is -0.872. The van der Waals surface area contributed by atoms with E-state index < -0.39 is 11.5 Å². The third kappa shape index (κ3) is 7.22. The summed E-state index contributed by atoms with van der Waals surface area (Å²) in [7, 11) is 6.20. The normalized spacial score (nSPS) is 16.7. The highest BCUT2D eigenvalue weighted by Crippen LogP contribution is 2.17. The lowest BCUT2D eigenvalue weighted by molar-refractivity contribution is -0.145. The maximum Gasteiger partial charge on any atom is 0.323 e. The van der Waals surface area contributed by atoms with Crippen LogP contribution in [0.2, 0.25) is 0 Å². The fourth-order valence-electron chi connectivity index (χ4n) is 2.45. The lowest BCUT2D eigenvalue weighted by atomic mass is 9.92. The highest BCUT2D eigenvalue weighted by molar-refractivity contribution is 5.78. The van der Waals surface area contributed by atoms with Crippen molar-refractivity contribution in [2.24, 2.45) is 0 Å². The standard InChI is InChI=1S/C15H33N3O2/c1-12(2)16-15(4,14(19)20)11-13(3)18(7)10-8-9-17(5)6/h12-13,16H,8-11H2,1-7H3,(H,19,20). The number of rotatable bonds is 10. The molecule has 2 atom stereocenters. The molecule has 5 heteroatoms. The monoisotopic (exact) mass is 287 g/mol. The number of nitrogens with one attached hydrogen (secondary N) is 1. The van der Waals surface area contributed by atoms with E-state index in [0.29, 0.717) is 6.42 Å². The Hall–Kier alpha value is -0.650. The van der Waals surface area contributed by atoms with Gasteiger partial charge in [0.25, 0.3) is 0 Å². The molecule has 0 rings (SSSR count). The van der Waals surface area contributed by atoms with Crippen LogP contribution < -0.4 is 5.32 Å². The summed E-state index contributed by atoms with van der Waals surface area (Å²) in [5, 5.41) is 12.7. The first-order valence-electron chi connectivity index (χ1n) is 7.44. The second-order valence-corrected chi connectivity index (χ2v) is 6.63. The first-order valence-corrected chi connectivity index (χ1v) is 7.44. The molecule has 0 aromatic rings. The van der Waals surface area contributed by atoms with Gasteiger partial charge in [0.15, 0.2) is 0 Å². The number of hydrogen-bond donors (Lipinski definition) is 2. The van der Waals surface area contributed by atoms with Crippen LogP contribution in [0.25, 0.3) is 0 Å². The van der Waals surface area contributed by atoms with Crippen LogP contribution in [-0.2, 0) is 4.79 Å². The van der Waals surface area contributed by atoms with Crippen molar-refractivity contribution < 1.29 is 9.90 Å². The summed E-state index contributed by atoms with van der Waals surface area (Å²) in [6, 6.07) is 0.381. The highest BCUT2D eigenvalue weighted by Gasteiger charge is 2.35. The predicted molar refractivity (Wildman–Crippen MR) is 84.2 cm³/mol. The molecule has 0 aliphatic carbocycles.